The van der Waals surface area contributed by atoms with E-state index in [2.05, 4.69) is 4.98 Å². The molecule has 0 unspecified atom stereocenters. The molecule has 0 radical (unpaired) electrons. The summed E-state index contributed by atoms with van der Waals surface area (Å²) in [5.74, 6) is 0.136. The molecule has 2 aromatic rings. The molecule has 3 nitrogen and oxygen atoms in total. The number of hydrogen-bond donors (Lipinski definition) is 1. The first-order chi connectivity index (χ1) is 8.95. The third-order valence-corrected chi connectivity index (χ3v) is 3.06. The molecule has 0 amide bonds. The van der Waals surface area contributed by atoms with Crippen LogP contribution in [0.1, 0.15) is 32.5 Å². The minimum atomic E-state index is -0.650. The molecule has 2 rings (SSSR count). The lowest BCUT2D eigenvalue weighted by atomic mass is 10.1. The van der Waals surface area contributed by atoms with Gasteiger partial charge in [-0.3, -0.25) is 0 Å². The lowest BCUT2D eigenvalue weighted by Crippen LogP contribution is -2.06. The summed E-state index contributed by atoms with van der Waals surface area (Å²) in [6, 6.07) is 3.42. The standard InChI is InChI=1S/C14H17F2N3/c1-4-19-13(17)12(18-14(19)8(2)3)10-6-5-9(15)7-11(10)16/h5-8H,4,17H2,1-3H3. The molecule has 19 heavy (non-hydrogen) atoms. The van der Waals surface area contributed by atoms with Crippen molar-refractivity contribution < 1.29 is 8.78 Å². The SMILES string of the molecule is CCn1c(C(C)C)nc(-c2ccc(F)cc2F)c1N. The van der Waals surface area contributed by atoms with Crippen LogP contribution in [-0.4, -0.2) is 9.55 Å². The summed E-state index contributed by atoms with van der Waals surface area (Å²) in [7, 11) is 0. The summed E-state index contributed by atoms with van der Waals surface area (Å²) in [5.41, 5.74) is 6.64. The van der Waals surface area contributed by atoms with Crippen LogP contribution >= 0.6 is 0 Å². The number of nitrogens with zero attached hydrogens (tertiary/aromatic N) is 2. The molecule has 0 aliphatic carbocycles. The van der Waals surface area contributed by atoms with Gasteiger partial charge in [-0.1, -0.05) is 13.8 Å². The van der Waals surface area contributed by atoms with Gasteiger partial charge in [0.25, 0.3) is 0 Å². The molecule has 102 valence electrons. The van der Waals surface area contributed by atoms with E-state index in [1.807, 2.05) is 25.3 Å². The van der Waals surface area contributed by atoms with E-state index < -0.39 is 11.6 Å². The van der Waals surface area contributed by atoms with Gasteiger partial charge in [0.1, 0.15) is 29.0 Å². The Morgan fingerprint density at radius 1 is 1.32 bits per heavy atom. The highest BCUT2D eigenvalue weighted by Gasteiger charge is 2.19. The van der Waals surface area contributed by atoms with Gasteiger partial charge in [-0.2, -0.15) is 0 Å². The zero-order chi connectivity index (χ0) is 14.2. The number of benzene rings is 1. The van der Waals surface area contributed by atoms with Crippen molar-refractivity contribution >= 4 is 5.82 Å². The number of anilines is 1. The van der Waals surface area contributed by atoms with Crippen molar-refractivity contribution in [2.24, 2.45) is 0 Å². The van der Waals surface area contributed by atoms with Gasteiger partial charge in [0.05, 0.1) is 0 Å². The maximum Gasteiger partial charge on any atom is 0.135 e. The average Bonchev–Trinajstić information content (AvgIpc) is 2.66. The predicted molar refractivity (Wildman–Crippen MR) is 71.8 cm³/mol. The van der Waals surface area contributed by atoms with Gasteiger partial charge in [0.2, 0.25) is 0 Å². The first-order valence-electron chi connectivity index (χ1n) is 6.27. The van der Waals surface area contributed by atoms with E-state index in [-0.39, 0.29) is 11.5 Å². The van der Waals surface area contributed by atoms with E-state index >= 15 is 0 Å². The summed E-state index contributed by atoms with van der Waals surface area (Å²) in [4.78, 5) is 4.42. The average molecular weight is 265 g/mol. The fourth-order valence-electron chi connectivity index (χ4n) is 2.14. The van der Waals surface area contributed by atoms with Crippen molar-refractivity contribution in [3.05, 3.63) is 35.7 Å². The molecule has 0 atom stereocenters. The van der Waals surface area contributed by atoms with Crippen LogP contribution in [0.5, 0.6) is 0 Å². The molecule has 0 bridgehead atoms. The van der Waals surface area contributed by atoms with Crippen molar-refractivity contribution in [2.45, 2.75) is 33.2 Å². The lowest BCUT2D eigenvalue weighted by Gasteiger charge is -2.08. The van der Waals surface area contributed by atoms with E-state index in [1.165, 1.54) is 12.1 Å². The van der Waals surface area contributed by atoms with Crippen molar-refractivity contribution in [3.8, 4) is 11.3 Å². The highest BCUT2D eigenvalue weighted by molar-refractivity contribution is 5.71. The van der Waals surface area contributed by atoms with Crippen molar-refractivity contribution in [1.82, 2.24) is 9.55 Å². The Bertz CT molecular complexity index is 603. The predicted octanol–water partition coefficient (Wildman–Crippen LogP) is 3.55. The van der Waals surface area contributed by atoms with Crippen molar-refractivity contribution in [2.75, 3.05) is 5.73 Å². The molecule has 1 heterocycles. The molecular weight excluding hydrogens is 248 g/mol. The number of nitrogen functional groups attached to an aromatic ring is 1. The molecule has 1 aromatic heterocycles. The third kappa shape index (κ3) is 2.32. The Morgan fingerprint density at radius 3 is 2.47 bits per heavy atom. The van der Waals surface area contributed by atoms with Crippen LogP contribution in [0.4, 0.5) is 14.6 Å². The minimum Gasteiger partial charge on any atom is -0.383 e. The van der Waals surface area contributed by atoms with Crippen LogP contribution in [0.2, 0.25) is 0 Å². The van der Waals surface area contributed by atoms with E-state index in [9.17, 15) is 8.78 Å². The van der Waals surface area contributed by atoms with E-state index in [1.54, 1.807) is 0 Å². The summed E-state index contributed by atoms with van der Waals surface area (Å²) < 4.78 is 28.6. The highest BCUT2D eigenvalue weighted by atomic mass is 19.1. The van der Waals surface area contributed by atoms with Crippen LogP contribution in [0.15, 0.2) is 18.2 Å². The molecular formula is C14H17F2N3. The van der Waals surface area contributed by atoms with Crippen LogP contribution in [0.3, 0.4) is 0 Å². The minimum absolute atomic E-state index is 0.180. The maximum absolute atomic E-state index is 13.8. The number of aromatic nitrogens is 2. The summed E-state index contributed by atoms with van der Waals surface area (Å²) >= 11 is 0. The summed E-state index contributed by atoms with van der Waals surface area (Å²) in [6.45, 7) is 6.61. The second-order valence-corrected chi connectivity index (χ2v) is 4.73. The molecule has 0 aliphatic rings. The Hall–Kier alpha value is -1.91. The molecule has 0 aliphatic heterocycles. The van der Waals surface area contributed by atoms with Crippen molar-refractivity contribution in [3.63, 3.8) is 0 Å². The number of halogens is 2. The van der Waals surface area contributed by atoms with E-state index in [0.717, 1.165) is 11.9 Å². The van der Waals surface area contributed by atoms with Gasteiger partial charge >= 0.3 is 0 Å². The van der Waals surface area contributed by atoms with Gasteiger partial charge in [-0.05, 0) is 19.1 Å². The van der Waals surface area contributed by atoms with Gasteiger partial charge in [0.15, 0.2) is 0 Å². The van der Waals surface area contributed by atoms with Crippen LogP contribution in [0.25, 0.3) is 11.3 Å². The monoisotopic (exact) mass is 265 g/mol. The largest absolute Gasteiger partial charge is 0.383 e. The van der Waals surface area contributed by atoms with Crippen LogP contribution in [-0.2, 0) is 6.54 Å². The molecule has 0 saturated heterocycles. The number of nitrogens with two attached hydrogens (primary N) is 1. The molecule has 5 heteroatoms. The Labute approximate surface area is 111 Å². The van der Waals surface area contributed by atoms with Gasteiger partial charge in [0, 0.05) is 24.1 Å². The topological polar surface area (TPSA) is 43.8 Å². The zero-order valence-electron chi connectivity index (χ0n) is 11.2. The lowest BCUT2D eigenvalue weighted by molar-refractivity contribution is 0.585. The highest BCUT2D eigenvalue weighted by Crippen LogP contribution is 2.31. The van der Waals surface area contributed by atoms with Crippen LogP contribution < -0.4 is 5.73 Å². The van der Waals surface area contributed by atoms with Gasteiger partial charge in [-0.25, -0.2) is 13.8 Å². The second-order valence-electron chi connectivity index (χ2n) is 4.73. The maximum atomic E-state index is 13.8. The number of hydrogen-bond acceptors (Lipinski definition) is 2. The second kappa shape index (κ2) is 4.99. The van der Waals surface area contributed by atoms with Crippen LogP contribution in [0, 0.1) is 11.6 Å². The summed E-state index contributed by atoms with van der Waals surface area (Å²) in [6.07, 6.45) is 0. The summed E-state index contributed by atoms with van der Waals surface area (Å²) in [5, 5.41) is 0. The van der Waals surface area contributed by atoms with Gasteiger partial charge in [-0.15, -0.1) is 0 Å². The third-order valence-electron chi connectivity index (χ3n) is 3.06. The van der Waals surface area contributed by atoms with E-state index in [4.69, 9.17) is 5.73 Å². The van der Waals surface area contributed by atoms with E-state index in [0.29, 0.717) is 18.1 Å². The first-order valence-corrected chi connectivity index (χ1v) is 6.27. The fraction of sp³-hybridized carbons (Fsp3) is 0.357. The quantitative estimate of drug-likeness (QED) is 0.922. The zero-order valence-corrected chi connectivity index (χ0v) is 11.2. The Balaban J connectivity index is 2.63. The molecule has 0 fully saturated rings. The van der Waals surface area contributed by atoms with Crippen molar-refractivity contribution in [1.29, 1.82) is 0 Å². The normalized spacial score (nSPS) is 11.3. The first kappa shape index (κ1) is 13.5. The Kier molecular flexibility index (Phi) is 3.55. The number of rotatable bonds is 3. The molecule has 0 spiro atoms. The smallest absolute Gasteiger partial charge is 0.135 e. The molecule has 0 saturated carbocycles. The Morgan fingerprint density at radius 2 is 2.00 bits per heavy atom. The number of imidazole rings is 1. The molecule has 2 N–H and O–H groups in total. The fourth-order valence-corrected chi connectivity index (χ4v) is 2.14. The van der Waals surface area contributed by atoms with Gasteiger partial charge < -0.3 is 10.3 Å². The molecule has 1 aromatic carbocycles.